The number of hydrogen-bond acceptors (Lipinski definition) is 7. The molecule has 0 aliphatic heterocycles. The number of imidazole rings is 1. The minimum Gasteiger partial charge on any atom is -0.336 e. The standard InChI is InChI=1S/C32H29N7O2S/c1-18(40)26-12-13-27(42-26)22-8-5-9-24-29(22)37-32(36-24)31-30-25(38-39-31)11-10-23(35-30)20-15-21(17-33-16-20)34-28(41)14-19-6-3-2-4-7-19/h5,8-13,15-17,19H,2-4,6-7,14H2,1H3,(H,34,41)(H,36,37)(H,38,39). The molecule has 5 heterocycles. The van der Waals surface area contributed by atoms with Gasteiger partial charge in [0.05, 0.1) is 39.0 Å². The summed E-state index contributed by atoms with van der Waals surface area (Å²) in [5.41, 5.74) is 6.86. The van der Waals surface area contributed by atoms with Crippen LogP contribution in [0.5, 0.6) is 0 Å². The van der Waals surface area contributed by atoms with Gasteiger partial charge in [0.1, 0.15) is 5.52 Å². The number of thiophene rings is 1. The third kappa shape index (κ3) is 5.09. The highest BCUT2D eigenvalue weighted by Gasteiger charge is 2.19. The molecule has 42 heavy (non-hydrogen) atoms. The summed E-state index contributed by atoms with van der Waals surface area (Å²) in [6.07, 6.45) is 9.92. The molecule has 210 valence electrons. The fourth-order valence-electron chi connectivity index (χ4n) is 5.75. The van der Waals surface area contributed by atoms with Gasteiger partial charge in [0, 0.05) is 28.6 Å². The van der Waals surface area contributed by atoms with E-state index in [1.54, 1.807) is 19.3 Å². The fraction of sp³-hybridized carbons (Fsp3) is 0.250. The van der Waals surface area contributed by atoms with Gasteiger partial charge in [0.2, 0.25) is 5.91 Å². The van der Waals surface area contributed by atoms with Crippen LogP contribution in [0.4, 0.5) is 5.69 Å². The van der Waals surface area contributed by atoms with Crippen LogP contribution in [0.3, 0.4) is 0 Å². The van der Waals surface area contributed by atoms with Crippen LogP contribution >= 0.6 is 11.3 Å². The Labute approximate surface area is 245 Å². The Morgan fingerprint density at radius 2 is 1.86 bits per heavy atom. The van der Waals surface area contributed by atoms with Crippen LogP contribution in [0, 0.1) is 5.92 Å². The first-order valence-corrected chi connectivity index (χ1v) is 15.0. The summed E-state index contributed by atoms with van der Waals surface area (Å²) in [6, 6.07) is 15.5. The first-order chi connectivity index (χ1) is 20.5. The van der Waals surface area contributed by atoms with Gasteiger partial charge in [-0.05, 0) is 62.1 Å². The molecule has 0 radical (unpaired) electrons. The molecule has 7 rings (SSSR count). The lowest BCUT2D eigenvalue weighted by Crippen LogP contribution is -2.18. The Balaban J connectivity index is 1.19. The van der Waals surface area contributed by atoms with E-state index in [4.69, 9.17) is 9.97 Å². The van der Waals surface area contributed by atoms with E-state index in [2.05, 4.69) is 25.5 Å². The summed E-state index contributed by atoms with van der Waals surface area (Å²) < 4.78 is 0. The van der Waals surface area contributed by atoms with Crippen molar-refractivity contribution in [3.8, 4) is 33.2 Å². The number of aromatic nitrogens is 6. The fourth-order valence-corrected chi connectivity index (χ4v) is 6.68. The molecular formula is C32H29N7O2S. The molecule has 6 aromatic rings. The van der Waals surface area contributed by atoms with Crippen LogP contribution in [0.25, 0.3) is 55.3 Å². The van der Waals surface area contributed by atoms with Crippen LogP contribution < -0.4 is 5.32 Å². The molecule has 1 saturated carbocycles. The third-order valence-corrected chi connectivity index (χ3v) is 9.10. The highest BCUT2D eigenvalue weighted by molar-refractivity contribution is 7.17. The number of amides is 1. The van der Waals surface area contributed by atoms with Crippen molar-refractivity contribution in [1.29, 1.82) is 0 Å². The zero-order valence-electron chi connectivity index (χ0n) is 23.1. The molecule has 3 N–H and O–H groups in total. The number of anilines is 1. The van der Waals surface area contributed by atoms with Gasteiger partial charge >= 0.3 is 0 Å². The minimum absolute atomic E-state index is 0.0331. The summed E-state index contributed by atoms with van der Waals surface area (Å²) in [6.45, 7) is 1.58. The van der Waals surface area contributed by atoms with Gasteiger partial charge in [-0.15, -0.1) is 11.3 Å². The summed E-state index contributed by atoms with van der Waals surface area (Å²) in [5.74, 6) is 1.15. The van der Waals surface area contributed by atoms with Crippen molar-refractivity contribution >= 4 is 50.8 Å². The lowest BCUT2D eigenvalue weighted by Gasteiger charge is -2.20. The molecule has 0 bridgehead atoms. The molecule has 1 aliphatic carbocycles. The van der Waals surface area contributed by atoms with E-state index in [0.29, 0.717) is 40.8 Å². The van der Waals surface area contributed by atoms with E-state index in [1.807, 2.05) is 48.5 Å². The van der Waals surface area contributed by atoms with Gasteiger partial charge in [0.15, 0.2) is 17.3 Å². The smallest absolute Gasteiger partial charge is 0.224 e. The number of fused-ring (bicyclic) bond motifs is 2. The van der Waals surface area contributed by atoms with E-state index in [0.717, 1.165) is 50.3 Å². The Kier molecular flexibility index (Phi) is 6.83. The van der Waals surface area contributed by atoms with Crippen LogP contribution in [0.1, 0.15) is 55.1 Å². The van der Waals surface area contributed by atoms with E-state index < -0.39 is 0 Å². The topological polar surface area (TPSA) is 129 Å². The number of carbonyl (C=O) groups excluding carboxylic acids is 2. The average molecular weight is 576 g/mol. The number of benzene rings is 1. The molecule has 0 atom stereocenters. The minimum atomic E-state index is 0.0331. The molecule has 5 aromatic heterocycles. The van der Waals surface area contributed by atoms with E-state index >= 15 is 0 Å². The molecule has 1 aliphatic rings. The van der Waals surface area contributed by atoms with Gasteiger partial charge in [-0.1, -0.05) is 31.4 Å². The molecule has 10 heteroatoms. The van der Waals surface area contributed by atoms with Crippen molar-refractivity contribution in [1.82, 2.24) is 30.1 Å². The number of hydrogen-bond donors (Lipinski definition) is 3. The molecule has 0 saturated heterocycles. The summed E-state index contributed by atoms with van der Waals surface area (Å²) in [4.78, 5) is 43.9. The molecule has 1 fully saturated rings. The Hall–Kier alpha value is -4.70. The van der Waals surface area contributed by atoms with Crippen molar-refractivity contribution in [3.63, 3.8) is 0 Å². The summed E-state index contributed by atoms with van der Waals surface area (Å²) >= 11 is 1.46. The highest BCUT2D eigenvalue weighted by Crippen LogP contribution is 2.35. The van der Waals surface area contributed by atoms with Crippen molar-refractivity contribution in [3.05, 3.63) is 65.8 Å². The number of H-pyrrole nitrogens is 2. The highest BCUT2D eigenvalue weighted by atomic mass is 32.1. The van der Waals surface area contributed by atoms with Gasteiger partial charge in [-0.25, -0.2) is 9.97 Å². The largest absolute Gasteiger partial charge is 0.336 e. The lowest BCUT2D eigenvalue weighted by atomic mass is 9.87. The number of carbonyl (C=O) groups is 2. The van der Waals surface area contributed by atoms with Gasteiger partial charge < -0.3 is 10.3 Å². The van der Waals surface area contributed by atoms with Crippen LogP contribution in [0.15, 0.2) is 60.9 Å². The molecule has 0 spiro atoms. The van der Waals surface area contributed by atoms with Crippen LogP contribution in [0.2, 0.25) is 0 Å². The average Bonchev–Trinajstić information content (AvgIpc) is 3.75. The second-order valence-electron chi connectivity index (χ2n) is 10.9. The molecule has 0 unspecified atom stereocenters. The predicted molar refractivity (Wildman–Crippen MR) is 165 cm³/mol. The molecule has 9 nitrogen and oxygen atoms in total. The number of nitrogens with one attached hydrogen (secondary N) is 3. The Morgan fingerprint density at radius 1 is 0.976 bits per heavy atom. The normalized spacial score (nSPS) is 14.0. The number of para-hydroxylation sites is 1. The first-order valence-electron chi connectivity index (χ1n) is 14.2. The Bertz CT molecular complexity index is 1950. The van der Waals surface area contributed by atoms with Crippen molar-refractivity contribution in [2.75, 3.05) is 5.32 Å². The number of pyridine rings is 2. The SMILES string of the molecule is CC(=O)c1ccc(-c2cccc3[nH]c(-c4n[nH]c5ccc(-c6cncc(NC(=O)CC7CCCCC7)c6)nc45)nc23)s1. The predicted octanol–water partition coefficient (Wildman–Crippen LogP) is 7.40. The number of nitrogens with zero attached hydrogens (tertiary/aromatic N) is 4. The third-order valence-electron chi connectivity index (χ3n) is 7.88. The quantitative estimate of drug-likeness (QED) is 0.170. The van der Waals surface area contributed by atoms with Crippen molar-refractivity contribution in [2.45, 2.75) is 45.4 Å². The zero-order chi connectivity index (χ0) is 28.6. The van der Waals surface area contributed by atoms with Crippen molar-refractivity contribution < 1.29 is 9.59 Å². The number of aromatic amines is 2. The molecule has 1 amide bonds. The van der Waals surface area contributed by atoms with Crippen molar-refractivity contribution in [2.24, 2.45) is 5.92 Å². The summed E-state index contributed by atoms with van der Waals surface area (Å²) in [5, 5.41) is 10.6. The van der Waals surface area contributed by atoms with E-state index in [1.165, 1.54) is 30.6 Å². The van der Waals surface area contributed by atoms with Gasteiger partial charge in [-0.2, -0.15) is 5.10 Å². The number of rotatable bonds is 7. The summed E-state index contributed by atoms with van der Waals surface area (Å²) in [7, 11) is 0. The maximum atomic E-state index is 12.7. The van der Waals surface area contributed by atoms with E-state index in [9.17, 15) is 9.59 Å². The number of ketones is 1. The second-order valence-corrected chi connectivity index (χ2v) is 12.0. The number of Topliss-reactive ketones (excluding diaryl/α,β-unsaturated/α-hetero) is 1. The van der Waals surface area contributed by atoms with Gasteiger partial charge in [-0.3, -0.25) is 19.7 Å². The zero-order valence-corrected chi connectivity index (χ0v) is 23.9. The monoisotopic (exact) mass is 575 g/mol. The maximum Gasteiger partial charge on any atom is 0.224 e. The molecular weight excluding hydrogens is 546 g/mol. The van der Waals surface area contributed by atoms with E-state index in [-0.39, 0.29) is 11.7 Å². The molecule has 1 aromatic carbocycles. The maximum absolute atomic E-state index is 12.7. The van der Waals surface area contributed by atoms with Gasteiger partial charge in [0.25, 0.3) is 0 Å². The second kappa shape index (κ2) is 10.9. The Morgan fingerprint density at radius 3 is 2.69 bits per heavy atom. The van der Waals surface area contributed by atoms with Crippen LogP contribution in [-0.2, 0) is 4.79 Å². The van der Waals surface area contributed by atoms with Crippen LogP contribution in [-0.4, -0.2) is 41.8 Å². The lowest BCUT2D eigenvalue weighted by molar-refractivity contribution is -0.117. The first kappa shape index (κ1) is 26.2.